The summed E-state index contributed by atoms with van der Waals surface area (Å²) in [5.74, 6) is 2.11. The van der Waals surface area contributed by atoms with Gasteiger partial charge in [-0.05, 0) is 56.6 Å². The van der Waals surface area contributed by atoms with E-state index in [-0.39, 0.29) is 18.0 Å². The number of pyridine rings is 1. The van der Waals surface area contributed by atoms with Crippen LogP contribution < -0.4 is 15.5 Å². The van der Waals surface area contributed by atoms with Gasteiger partial charge in [0.05, 0.1) is 12.1 Å². The molecule has 2 N–H and O–H groups in total. The first-order chi connectivity index (χ1) is 12.2. The van der Waals surface area contributed by atoms with E-state index in [2.05, 4.69) is 40.7 Å². The van der Waals surface area contributed by atoms with Crippen LogP contribution in [0.5, 0.6) is 0 Å². The van der Waals surface area contributed by atoms with E-state index in [1.165, 1.54) is 25.7 Å². The van der Waals surface area contributed by atoms with Crippen molar-refractivity contribution in [2.24, 2.45) is 11.8 Å². The SMILES string of the molecule is CC1CCCC2C(=O)NC(CCc3cccc(N4CCCC4)n3)NC12. The molecule has 3 heterocycles. The van der Waals surface area contributed by atoms with Crippen LogP contribution in [0.3, 0.4) is 0 Å². The molecule has 1 saturated carbocycles. The van der Waals surface area contributed by atoms with E-state index < -0.39 is 0 Å². The van der Waals surface area contributed by atoms with E-state index in [0.717, 1.165) is 43.9 Å². The minimum absolute atomic E-state index is 0.0755. The molecule has 0 bridgehead atoms. The summed E-state index contributed by atoms with van der Waals surface area (Å²) in [7, 11) is 0. The van der Waals surface area contributed by atoms with Gasteiger partial charge in [-0.3, -0.25) is 10.1 Å². The molecule has 1 aliphatic carbocycles. The Bertz CT molecular complexity index is 613. The average Bonchev–Trinajstić information content (AvgIpc) is 3.16. The number of amides is 1. The molecule has 5 nitrogen and oxygen atoms in total. The lowest BCUT2D eigenvalue weighted by molar-refractivity contribution is -0.131. The Morgan fingerprint density at radius 1 is 1.20 bits per heavy atom. The lowest BCUT2D eigenvalue weighted by Gasteiger charge is -2.43. The zero-order chi connectivity index (χ0) is 17.2. The van der Waals surface area contributed by atoms with Crippen LogP contribution in [-0.2, 0) is 11.2 Å². The monoisotopic (exact) mass is 342 g/mol. The number of aromatic nitrogens is 1. The summed E-state index contributed by atoms with van der Waals surface area (Å²) in [6.45, 7) is 4.52. The summed E-state index contributed by atoms with van der Waals surface area (Å²) in [6, 6.07) is 6.68. The Hall–Kier alpha value is -1.62. The molecule has 3 aliphatic rings. The fourth-order valence-corrected chi connectivity index (χ4v) is 4.72. The van der Waals surface area contributed by atoms with Crippen LogP contribution in [0, 0.1) is 11.8 Å². The highest BCUT2D eigenvalue weighted by atomic mass is 16.2. The van der Waals surface area contributed by atoms with Crippen molar-refractivity contribution in [1.29, 1.82) is 0 Å². The summed E-state index contributed by atoms with van der Waals surface area (Å²) < 4.78 is 0. The molecule has 4 rings (SSSR count). The van der Waals surface area contributed by atoms with E-state index in [1.54, 1.807) is 0 Å². The van der Waals surface area contributed by atoms with Crippen LogP contribution in [0.4, 0.5) is 5.82 Å². The molecule has 1 aromatic rings. The van der Waals surface area contributed by atoms with Gasteiger partial charge in [-0.2, -0.15) is 0 Å². The number of hydrogen-bond acceptors (Lipinski definition) is 4. The number of nitrogens with one attached hydrogen (secondary N) is 2. The Morgan fingerprint density at radius 3 is 2.88 bits per heavy atom. The highest BCUT2D eigenvalue weighted by Gasteiger charge is 2.40. The van der Waals surface area contributed by atoms with Gasteiger partial charge in [0.2, 0.25) is 5.91 Å². The molecule has 0 spiro atoms. The maximum absolute atomic E-state index is 12.5. The minimum atomic E-state index is 0.0755. The quantitative estimate of drug-likeness (QED) is 0.882. The fourth-order valence-electron chi connectivity index (χ4n) is 4.72. The van der Waals surface area contributed by atoms with Gasteiger partial charge in [-0.15, -0.1) is 0 Å². The standard InChI is InChI=1S/C20H30N4O/c1-14-6-4-8-16-19(14)22-17(23-20(16)25)11-10-15-7-5-9-18(21-15)24-12-2-3-13-24/h5,7,9,14,16-17,19,22H,2-4,6,8,10-13H2,1H3,(H,23,25). The first kappa shape index (κ1) is 16.8. The maximum atomic E-state index is 12.5. The molecule has 1 aromatic heterocycles. The molecule has 4 atom stereocenters. The second kappa shape index (κ2) is 7.32. The number of anilines is 1. The predicted octanol–water partition coefficient (Wildman–Crippen LogP) is 2.46. The van der Waals surface area contributed by atoms with Crippen molar-refractivity contribution in [3.63, 3.8) is 0 Å². The number of fused-ring (bicyclic) bond motifs is 1. The average molecular weight is 342 g/mol. The van der Waals surface area contributed by atoms with Crippen LogP contribution >= 0.6 is 0 Å². The lowest BCUT2D eigenvalue weighted by Crippen LogP contribution is -2.64. The summed E-state index contributed by atoms with van der Waals surface area (Å²) in [4.78, 5) is 19.7. The second-order valence-corrected chi connectivity index (χ2v) is 7.99. The molecule has 2 aliphatic heterocycles. The highest BCUT2D eigenvalue weighted by molar-refractivity contribution is 5.80. The van der Waals surface area contributed by atoms with E-state index in [4.69, 9.17) is 4.98 Å². The van der Waals surface area contributed by atoms with Gasteiger partial charge in [-0.25, -0.2) is 4.98 Å². The number of carbonyl (C=O) groups excluding carboxylic acids is 1. The molecule has 0 aromatic carbocycles. The number of hydrogen-bond donors (Lipinski definition) is 2. The van der Waals surface area contributed by atoms with Crippen molar-refractivity contribution in [3.8, 4) is 0 Å². The van der Waals surface area contributed by atoms with Crippen LogP contribution in [0.25, 0.3) is 0 Å². The topological polar surface area (TPSA) is 57.3 Å². The van der Waals surface area contributed by atoms with Gasteiger partial charge in [0.15, 0.2) is 0 Å². The van der Waals surface area contributed by atoms with E-state index >= 15 is 0 Å². The largest absolute Gasteiger partial charge is 0.357 e. The maximum Gasteiger partial charge on any atom is 0.225 e. The fraction of sp³-hybridized carbons (Fsp3) is 0.700. The molecular weight excluding hydrogens is 312 g/mol. The molecular formula is C20H30N4O. The van der Waals surface area contributed by atoms with E-state index in [9.17, 15) is 4.79 Å². The normalized spacial score (nSPS) is 32.4. The number of aryl methyl sites for hydroxylation is 1. The third-order valence-electron chi connectivity index (χ3n) is 6.18. The third-order valence-corrected chi connectivity index (χ3v) is 6.18. The van der Waals surface area contributed by atoms with Crippen molar-refractivity contribution < 1.29 is 4.79 Å². The highest BCUT2D eigenvalue weighted by Crippen LogP contribution is 2.31. The molecule has 0 radical (unpaired) electrons. The van der Waals surface area contributed by atoms with Gasteiger partial charge in [0.25, 0.3) is 0 Å². The molecule has 136 valence electrons. The minimum Gasteiger partial charge on any atom is -0.357 e. The van der Waals surface area contributed by atoms with Gasteiger partial charge < -0.3 is 10.2 Å². The van der Waals surface area contributed by atoms with Crippen molar-refractivity contribution in [1.82, 2.24) is 15.6 Å². The first-order valence-electron chi connectivity index (χ1n) is 9.98. The van der Waals surface area contributed by atoms with Crippen molar-refractivity contribution >= 4 is 11.7 Å². The Balaban J connectivity index is 1.36. The molecule has 3 fully saturated rings. The molecule has 25 heavy (non-hydrogen) atoms. The van der Waals surface area contributed by atoms with Gasteiger partial charge >= 0.3 is 0 Å². The van der Waals surface area contributed by atoms with Gasteiger partial charge in [-0.1, -0.05) is 19.4 Å². The number of nitrogens with zero attached hydrogens (tertiary/aromatic N) is 2. The molecule has 2 saturated heterocycles. The smallest absolute Gasteiger partial charge is 0.225 e. The van der Waals surface area contributed by atoms with Crippen LogP contribution in [0.15, 0.2) is 18.2 Å². The first-order valence-corrected chi connectivity index (χ1v) is 9.98. The summed E-state index contributed by atoms with van der Waals surface area (Å²) >= 11 is 0. The Labute approximate surface area is 150 Å². The number of rotatable bonds is 4. The lowest BCUT2D eigenvalue weighted by atomic mass is 9.76. The van der Waals surface area contributed by atoms with E-state index in [1.807, 2.05) is 0 Å². The molecule has 1 amide bonds. The zero-order valence-corrected chi connectivity index (χ0v) is 15.2. The van der Waals surface area contributed by atoms with Crippen LogP contribution in [0.1, 0.15) is 51.1 Å². The van der Waals surface area contributed by atoms with Crippen LogP contribution in [0.2, 0.25) is 0 Å². The summed E-state index contributed by atoms with van der Waals surface area (Å²) in [6.07, 6.45) is 7.84. The van der Waals surface area contributed by atoms with Gasteiger partial charge in [0, 0.05) is 24.8 Å². The summed E-state index contributed by atoms with van der Waals surface area (Å²) in [5.41, 5.74) is 1.12. The zero-order valence-electron chi connectivity index (χ0n) is 15.2. The Morgan fingerprint density at radius 2 is 2.04 bits per heavy atom. The third kappa shape index (κ3) is 3.66. The predicted molar refractivity (Wildman–Crippen MR) is 99.4 cm³/mol. The van der Waals surface area contributed by atoms with Crippen LogP contribution in [-0.4, -0.2) is 36.2 Å². The molecule has 5 heteroatoms. The number of carbonyl (C=O) groups is 1. The summed E-state index contributed by atoms with van der Waals surface area (Å²) in [5, 5.41) is 6.89. The second-order valence-electron chi connectivity index (χ2n) is 7.99. The van der Waals surface area contributed by atoms with E-state index in [0.29, 0.717) is 12.0 Å². The Kier molecular flexibility index (Phi) is 4.93. The van der Waals surface area contributed by atoms with Gasteiger partial charge in [0.1, 0.15) is 5.82 Å². The van der Waals surface area contributed by atoms with Crippen molar-refractivity contribution in [3.05, 3.63) is 23.9 Å². The molecule has 4 unspecified atom stereocenters. The van der Waals surface area contributed by atoms with Crippen molar-refractivity contribution in [2.75, 3.05) is 18.0 Å². The van der Waals surface area contributed by atoms with Crippen molar-refractivity contribution in [2.45, 2.75) is 64.1 Å².